The van der Waals surface area contributed by atoms with Crippen molar-refractivity contribution in [1.29, 1.82) is 0 Å². The van der Waals surface area contributed by atoms with Gasteiger partial charge in [-0.3, -0.25) is 14.2 Å². The lowest BCUT2D eigenvalue weighted by Gasteiger charge is -2.15. The van der Waals surface area contributed by atoms with Crippen molar-refractivity contribution in [2.75, 3.05) is 5.32 Å². The van der Waals surface area contributed by atoms with Gasteiger partial charge in [0.05, 0.1) is 17.3 Å². The second-order valence-corrected chi connectivity index (χ2v) is 8.31. The van der Waals surface area contributed by atoms with Crippen molar-refractivity contribution in [3.05, 3.63) is 63.3 Å². The van der Waals surface area contributed by atoms with Gasteiger partial charge >= 0.3 is 6.18 Å². The summed E-state index contributed by atoms with van der Waals surface area (Å²) in [5.74, 6) is -1.12. The third kappa shape index (κ3) is 4.47. The monoisotopic (exact) mass is 489 g/mol. The molecule has 1 N–H and O–H groups in total. The Labute approximate surface area is 190 Å². The number of nitrogens with zero attached hydrogens (tertiary/aromatic N) is 4. The molecule has 2 aromatic heterocycles. The molecule has 6 nitrogen and oxygen atoms in total. The standard InChI is InChI=1S/C20H17Cl2F4N5O/c1-10(31-17(11-5-6-11)16(22)18(29-31)20(24,25)26)19(32)27-15-7-8-30(28-15)9-12-13(21)3-2-4-14(12)23/h2-4,7-8,10-11H,5-6,9H2,1H3,(H,27,28,32). The predicted molar refractivity (Wildman–Crippen MR) is 110 cm³/mol. The zero-order valence-electron chi connectivity index (χ0n) is 16.6. The van der Waals surface area contributed by atoms with Crippen LogP contribution in [-0.4, -0.2) is 25.5 Å². The molecule has 170 valence electrons. The normalized spacial score (nSPS) is 15.1. The average molecular weight is 490 g/mol. The first kappa shape index (κ1) is 22.6. The Morgan fingerprint density at radius 3 is 2.59 bits per heavy atom. The first-order chi connectivity index (χ1) is 15.1. The summed E-state index contributed by atoms with van der Waals surface area (Å²) in [5, 5.41) is 10.1. The molecule has 0 aliphatic heterocycles. The molecular formula is C20H17Cl2F4N5O. The SMILES string of the molecule is CC(C(=O)Nc1ccn(Cc2c(F)cccc2Cl)n1)n1nc(C(F)(F)F)c(Cl)c1C1CC1. The van der Waals surface area contributed by atoms with Crippen molar-refractivity contribution in [1.82, 2.24) is 19.6 Å². The van der Waals surface area contributed by atoms with Crippen LogP contribution in [0.2, 0.25) is 10.0 Å². The molecule has 12 heteroatoms. The largest absolute Gasteiger partial charge is 0.436 e. The van der Waals surface area contributed by atoms with Crippen molar-refractivity contribution >= 4 is 34.9 Å². The maximum atomic E-state index is 14.0. The van der Waals surface area contributed by atoms with Crippen LogP contribution in [0.1, 0.15) is 48.7 Å². The number of amides is 1. The van der Waals surface area contributed by atoms with Gasteiger partial charge in [0.25, 0.3) is 0 Å². The highest BCUT2D eigenvalue weighted by molar-refractivity contribution is 6.32. The minimum absolute atomic E-state index is 0.0342. The van der Waals surface area contributed by atoms with E-state index in [-0.39, 0.29) is 34.6 Å². The minimum Gasteiger partial charge on any atom is -0.307 e. The van der Waals surface area contributed by atoms with Crippen LogP contribution in [0.4, 0.5) is 23.4 Å². The number of carbonyl (C=O) groups is 1. The molecule has 0 saturated heterocycles. The lowest BCUT2D eigenvalue weighted by atomic mass is 10.2. The van der Waals surface area contributed by atoms with Crippen molar-refractivity contribution in [3.63, 3.8) is 0 Å². The molecule has 1 amide bonds. The smallest absolute Gasteiger partial charge is 0.307 e. The zero-order chi connectivity index (χ0) is 23.2. The summed E-state index contributed by atoms with van der Waals surface area (Å²) in [7, 11) is 0. The molecule has 4 rings (SSSR count). The molecule has 1 aliphatic carbocycles. The average Bonchev–Trinajstić information content (AvgIpc) is 3.34. The molecule has 1 saturated carbocycles. The van der Waals surface area contributed by atoms with Gasteiger partial charge in [0.2, 0.25) is 5.91 Å². The summed E-state index contributed by atoms with van der Waals surface area (Å²) in [4.78, 5) is 12.7. The minimum atomic E-state index is -4.73. The second kappa shape index (κ2) is 8.40. The quantitative estimate of drug-likeness (QED) is 0.453. The van der Waals surface area contributed by atoms with Crippen LogP contribution < -0.4 is 5.32 Å². The van der Waals surface area contributed by atoms with Crippen LogP contribution in [0.3, 0.4) is 0 Å². The molecule has 0 radical (unpaired) electrons. The molecule has 2 heterocycles. The van der Waals surface area contributed by atoms with E-state index in [1.807, 2.05) is 0 Å². The van der Waals surface area contributed by atoms with Crippen molar-refractivity contribution < 1.29 is 22.4 Å². The van der Waals surface area contributed by atoms with E-state index in [9.17, 15) is 22.4 Å². The van der Waals surface area contributed by atoms with Crippen LogP contribution in [-0.2, 0) is 17.5 Å². The first-order valence-corrected chi connectivity index (χ1v) is 10.4. The van der Waals surface area contributed by atoms with Gasteiger partial charge in [-0.25, -0.2) is 4.39 Å². The summed E-state index contributed by atoms with van der Waals surface area (Å²) in [6.45, 7) is 1.47. The second-order valence-electron chi connectivity index (χ2n) is 7.53. The summed E-state index contributed by atoms with van der Waals surface area (Å²) in [6.07, 6.45) is -1.85. The summed E-state index contributed by atoms with van der Waals surface area (Å²) < 4.78 is 56.2. The summed E-state index contributed by atoms with van der Waals surface area (Å²) in [6, 6.07) is 4.73. The zero-order valence-corrected chi connectivity index (χ0v) is 18.1. The van der Waals surface area contributed by atoms with Crippen LogP contribution >= 0.6 is 23.2 Å². The number of hydrogen-bond donors (Lipinski definition) is 1. The Hall–Kier alpha value is -2.59. The fourth-order valence-electron chi connectivity index (χ4n) is 3.33. The highest BCUT2D eigenvalue weighted by Crippen LogP contribution is 2.47. The van der Waals surface area contributed by atoms with E-state index in [0.29, 0.717) is 12.8 Å². The Morgan fingerprint density at radius 2 is 1.97 bits per heavy atom. The van der Waals surface area contributed by atoms with Gasteiger partial charge < -0.3 is 5.32 Å². The van der Waals surface area contributed by atoms with E-state index in [1.165, 1.54) is 36.0 Å². The Morgan fingerprint density at radius 1 is 1.25 bits per heavy atom. The summed E-state index contributed by atoms with van der Waals surface area (Å²) in [5.41, 5.74) is -0.753. The van der Waals surface area contributed by atoms with Gasteiger partial charge in [0, 0.05) is 28.8 Å². The van der Waals surface area contributed by atoms with Gasteiger partial charge in [-0.2, -0.15) is 23.4 Å². The molecule has 1 atom stereocenters. The van der Waals surface area contributed by atoms with Gasteiger partial charge in [-0.1, -0.05) is 29.3 Å². The van der Waals surface area contributed by atoms with E-state index in [4.69, 9.17) is 23.2 Å². The summed E-state index contributed by atoms with van der Waals surface area (Å²) >= 11 is 12.0. The van der Waals surface area contributed by atoms with E-state index >= 15 is 0 Å². The molecular weight excluding hydrogens is 473 g/mol. The Bertz CT molecular complexity index is 1150. The number of nitrogens with one attached hydrogen (secondary N) is 1. The molecule has 3 aromatic rings. The van der Waals surface area contributed by atoms with Gasteiger partial charge in [-0.05, 0) is 31.9 Å². The Kier molecular flexibility index (Phi) is 5.93. The molecule has 0 spiro atoms. The maximum absolute atomic E-state index is 14.0. The van der Waals surface area contributed by atoms with Crippen LogP contribution in [0, 0.1) is 5.82 Å². The lowest BCUT2D eigenvalue weighted by Crippen LogP contribution is -2.26. The van der Waals surface area contributed by atoms with E-state index in [2.05, 4.69) is 15.5 Å². The molecule has 32 heavy (non-hydrogen) atoms. The van der Waals surface area contributed by atoms with E-state index < -0.39 is 34.7 Å². The Balaban J connectivity index is 1.52. The van der Waals surface area contributed by atoms with Crippen LogP contribution in [0.5, 0.6) is 0 Å². The molecule has 1 unspecified atom stereocenters. The van der Waals surface area contributed by atoms with Gasteiger partial charge in [0.15, 0.2) is 11.5 Å². The number of rotatable bonds is 6. The number of aromatic nitrogens is 4. The predicted octanol–water partition coefficient (Wildman–Crippen LogP) is 5.67. The number of benzene rings is 1. The third-order valence-corrected chi connectivity index (χ3v) is 5.87. The highest BCUT2D eigenvalue weighted by atomic mass is 35.5. The van der Waals surface area contributed by atoms with Crippen molar-refractivity contribution in [2.24, 2.45) is 0 Å². The number of alkyl halides is 3. The van der Waals surface area contributed by atoms with Crippen molar-refractivity contribution in [2.45, 2.75) is 44.4 Å². The molecule has 1 fully saturated rings. The maximum Gasteiger partial charge on any atom is 0.436 e. The van der Waals surface area contributed by atoms with Gasteiger partial charge in [0.1, 0.15) is 11.9 Å². The number of hydrogen-bond acceptors (Lipinski definition) is 3. The van der Waals surface area contributed by atoms with Crippen molar-refractivity contribution in [3.8, 4) is 0 Å². The van der Waals surface area contributed by atoms with Crippen LogP contribution in [0.15, 0.2) is 30.5 Å². The van der Waals surface area contributed by atoms with E-state index in [1.54, 1.807) is 6.07 Å². The third-order valence-electron chi connectivity index (χ3n) is 5.14. The van der Waals surface area contributed by atoms with E-state index in [0.717, 1.165) is 4.68 Å². The number of halogens is 6. The molecule has 1 aromatic carbocycles. The lowest BCUT2D eigenvalue weighted by molar-refractivity contribution is -0.141. The van der Waals surface area contributed by atoms with Crippen LogP contribution in [0.25, 0.3) is 0 Å². The fourth-order valence-corrected chi connectivity index (χ4v) is 3.94. The molecule has 1 aliphatic rings. The highest BCUT2D eigenvalue weighted by Gasteiger charge is 2.43. The fraction of sp³-hybridized carbons (Fsp3) is 0.350. The number of anilines is 1. The van der Waals surface area contributed by atoms with Gasteiger partial charge in [-0.15, -0.1) is 0 Å². The topological polar surface area (TPSA) is 64.7 Å². The number of carbonyl (C=O) groups excluding carboxylic acids is 1. The molecule has 0 bridgehead atoms. The first-order valence-electron chi connectivity index (χ1n) is 9.68.